The Bertz CT molecular complexity index is 574. The molecular formula is C10H8F3N5O. The average Bonchev–Trinajstić information content (AvgIpc) is 2.27. The molecule has 1 aromatic carbocycles. The Balaban J connectivity index is 2.98. The molecule has 0 aliphatic heterocycles. The molecule has 100 valence electrons. The maximum Gasteiger partial charge on any atom is 0.419 e. The van der Waals surface area contributed by atoms with Gasteiger partial charge in [0.15, 0.2) is 5.84 Å². The predicted molar refractivity (Wildman–Crippen MR) is 61.7 cm³/mol. The number of nitrogens with zero attached hydrogens (tertiary/aromatic N) is 2. The SMILES string of the molecule is N#C/C(=N\Nc1ccc(C(F)(F)F)c(O)c1)C(=N)N. The minimum Gasteiger partial charge on any atom is -0.507 e. The topological polar surface area (TPSA) is 118 Å². The molecule has 0 fully saturated rings. The lowest BCUT2D eigenvalue weighted by Crippen LogP contribution is -2.21. The predicted octanol–water partition coefficient (Wildman–Crippen LogP) is 1.64. The van der Waals surface area contributed by atoms with Crippen LogP contribution < -0.4 is 11.2 Å². The number of phenolic OH excluding ortho intramolecular Hbond substituents is 1. The highest BCUT2D eigenvalue weighted by Crippen LogP contribution is 2.36. The Morgan fingerprint density at radius 2 is 2.11 bits per heavy atom. The summed E-state index contributed by atoms with van der Waals surface area (Å²) in [5.41, 5.74) is 5.62. The average molecular weight is 271 g/mol. The van der Waals surface area contributed by atoms with Gasteiger partial charge in [0.2, 0.25) is 5.71 Å². The van der Waals surface area contributed by atoms with E-state index in [0.29, 0.717) is 6.07 Å². The van der Waals surface area contributed by atoms with Crippen LogP contribution in [-0.4, -0.2) is 16.7 Å². The summed E-state index contributed by atoms with van der Waals surface area (Å²) >= 11 is 0. The molecule has 0 spiro atoms. The van der Waals surface area contributed by atoms with Crippen LogP contribution in [0.1, 0.15) is 5.56 Å². The second kappa shape index (κ2) is 5.26. The largest absolute Gasteiger partial charge is 0.507 e. The lowest BCUT2D eigenvalue weighted by atomic mass is 10.2. The van der Waals surface area contributed by atoms with Gasteiger partial charge >= 0.3 is 6.18 Å². The van der Waals surface area contributed by atoms with E-state index in [1.54, 1.807) is 0 Å². The highest BCUT2D eigenvalue weighted by atomic mass is 19.4. The summed E-state index contributed by atoms with van der Waals surface area (Å²) < 4.78 is 37.1. The van der Waals surface area contributed by atoms with Gasteiger partial charge in [-0.05, 0) is 12.1 Å². The van der Waals surface area contributed by atoms with E-state index in [9.17, 15) is 18.3 Å². The molecule has 0 aliphatic rings. The zero-order valence-corrected chi connectivity index (χ0v) is 9.28. The summed E-state index contributed by atoms with van der Waals surface area (Å²) in [6.07, 6.45) is -4.66. The Labute approximate surface area is 105 Å². The van der Waals surface area contributed by atoms with Gasteiger partial charge in [-0.2, -0.15) is 23.5 Å². The third-order valence-corrected chi connectivity index (χ3v) is 1.96. The molecule has 0 saturated carbocycles. The van der Waals surface area contributed by atoms with Crippen LogP contribution in [0, 0.1) is 16.7 Å². The standard InChI is InChI=1S/C10H8F3N5O/c11-10(12,13)6-2-1-5(3-8(6)19)17-18-7(4-14)9(15)16/h1-3,17,19H,(H3,15,16)/b18-7+. The summed E-state index contributed by atoms with van der Waals surface area (Å²) in [5.74, 6) is -1.57. The summed E-state index contributed by atoms with van der Waals surface area (Å²) in [6.45, 7) is 0. The van der Waals surface area contributed by atoms with Gasteiger partial charge < -0.3 is 10.8 Å². The first-order valence-corrected chi connectivity index (χ1v) is 4.74. The smallest absolute Gasteiger partial charge is 0.419 e. The van der Waals surface area contributed by atoms with Crippen molar-refractivity contribution in [2.45, 2.75) is 6.18 Å². The lowest BCUT2D eigenvalue weighted by molar-refractivity contribution is -0.138. The van der Waals surface area contributed by atoms with Gasteiger partial charge in [0.1, 0.15) is 11.8 Å². The summed E-state index contributed by atoms with van der Waals surface area (Å²) in [7, 11) is 0. The van der Waals surface area contributed by atoms with Crippen LogP contribution in [0.3, 0.4) is 0 Å². The lowest BCUT2D eigenvalue weighted by Gasteiger charge is -2.10. The maximum atomic E-state index is 12.4. The van der Waals surface area contributed by atoms with Crippen LogP contribution in [0.25, 0.3) is 0 Å². The fraction of sp³-hybridized carbons (Fsp3) is 0.100. The van der Waals surface area contributed by atoms with Gasteiger partial charge in [0.05, 0.1) is 11.3 Å². The van der Waals surface area contributed by atoms with Crippen molar-refractivity contribution in [3.8, 4) is 11.8 Å². The number of anilines is 1. The maximum absolute atomic E-state index is 12.4. The number of nitriles is 1. The molecule has 1 aromatic rings. The van der Waals surface area contributed by atoms with Crippen LogP contribution >= 0.6 is 0 Å². The van der Waals surface area contributed by atoms with Crippen molar-refractivity contribution in [3.63, 3.8) is 0 Å². The van der Waals surface area contributed by atoms with Crippen LogP contribution in [-0.2, 0) is 6.18 Å². The molecule has 1 rings (SSSR count). The van der Waals surface area contributed by atoms with Crippen molar-refractivity contribution in [2.75, 3.05) is 5.43 Å². The van der Waals surface area contributed by atoms with E-state index < -0.39 is 29.0 Å². The zero-order chi connectivity index (χ0) is 14.6. The zero-order valence-electron chi connectivity index (χ0n) is 9.28. The van der Waals surface area contributed by atoms with Crippen molar-refractivity contribution < 1.29 is 18.3 Å². The number of halogens is 3. The molecular weight excluding hydrogens is 263 g/mol. The fourth-order valence-electron chi connectivity index (χ4n) is 1.11. The molecule has 0 bridgehead atoms. The van der Waals surface area contributed by atoms with Crippen molar-refractivity contribution in [1.29, 1.82) is 10.7 Å². The van der Waals surface area contributed by atoms with E-state index in [0.717, 1.165) is 12.1 Å². The normalized spacial score (nSPS) is 11.8. The molecule has 0 unspecified atom stereocenters. The van der Waals surface area contributed by atoms with E-state index in [4.69, 9.17) is 16.4 Å². The number of nitrogens with one attached hydrogen (secondary N) is 2. The minimum absolute atomic E-state index is 0.0134. The summed E-state index contributed by atoms with van der Waals surface area (Å²) in [4.78, 5) is 0. The molecule has 0 radical (unpaired) electrons. The second-order valence-corrected chi connectivity index (χ2v) is 3.33. The molecule has 0 aliphatic carbocycles. The number of amidine groups is 1. The van der Waals surface area contributed by atoms with Crippen LogP contribution in [0.15, 0.2) is 23.3 Å². The number of nitrogens with two attached hydrogens (primary N) is 1. The number of aromatic hydroxyl groups is 1. The van der Waals surface area contributed by atoms with E-state index in [1.165, 1.54) is 6.07 Å². The van der Waals surface area contributed by atoms with Gasteiger partial charge in [-0.15, -0.1) is 0 Å². The first-order chi connectivity index (χ1) is 8.75. The Hall–Kier alpha value is -2.76. The molecule has 6 nitrogen and oxygen atoms in total. The Morgan fingerprint density at radius 3 is 2.53 bits per heavy atom. The van der Waals surface area contributed by atoms with E-state index >= 15 is 0 Å². The quantitative estimate of drug-likeness (QED) is 0.379. The monoisotopic (exact) mass is 271 g/mol. The van der Waals surface area contributed by atoms with Crippen LogP contribution in [0.5, 0.6) is 5.75 Å². The van der Waals surface area contributed by atoms with Gasteiger partial charge in [-0.3, -0.25) is 10.8 Å². The van der Waals surface area contributed by atoms with Crippen molar-refractivity contribution >= 4 is 17.2 Å². The minimum atomic E-state index is -4.66. The number of alkyl halides is 3. The molecule has 0 saturated heterocycles. The van der Waals surface area contributed by atoms with Gasteiger partial charge in [-0.25, -0.2) is 0 Å². The molecule has 0 atom stereocenters. The van der Waals surface area contributed by atoms with Crippen molar-refractivity contribution in [3.05, 3.63) is 23.8 Å². The number of hydrazone groups is 1. The third kappa shape index (κ3) is 3.60. The highest BCUT2D eigenvalue weighted by Gasteiger charge is 2.33. The number of hydrogen-bond donors (Lipinski definition) is 4. The Kier molecular flexibility index (Phi) is 3.96. The van der Waals surface area contributed by atoms with E-state index in [1.807, 2.05) is 0 Å². The number of hydrogen-bond acceptors (Lipinski definition) is 5. The van der Waals surface area contributed by atoms with Gasteiger partial charge in [0.25, 0.3) is 0 Å². The summed E-state index contributed by atoms with van der Waals surface area (Å²) in [5, 5.41) is 28.1. The second-order valence-electron chi connectivity index (χ2n) is 3.33. The van der Waals surface area contributed by atoms with Gasteiger partial charge in [0, 0.05) is 6.07 Å². The number of rotatable bonds is 3. The summed E-state index contributed by atoms with van der Waals surface area (Å²) in [6, 6.07) is 3.99. The van der Waals surface area contributed by atoms with Crippen LogP contribution in [0.4, 0.5) is 18.9 Å². The van der Waals surface area contributed by atoms with Crippen LogP contribution in [0.2, 0.25) is 0 Å². The molecule has 0 amide bonds. The first kappa shape index (κ1) is 14.3. The fourth-order valence-corrected chi connectivity index (χ4v) is 1.11. The van der Waals surface area contributed by atoms with Crippen molar-refractivity contribution in [1.82, 2.24) is 0 Å². The van der Waals surface area contributed by atoms with E-state index in [-0.39, 0.29) is 5.69 Å². The molecule has 9 heteroatoms. The van der Waals surface area contributed by atoms with Crippen molar-refractivity contribution in [2.24, 2.45) is 10.8 Å². The first-order valence-electron chi connectivity index (χ1n) is 4.74. The van der Waals surface area contributed by atoms with E-state index in [2.05, 4.69) is 10.5 Å². The third-order valence-electron chi connectivity index (χ3n) is 1.96. The van der Waals surface area contributed by atoms with Gasteiger partial charge in [-0.1, -0.05) is 0 Å². The Morgan fingerprint density at radius 1 is 1.47 bits per heavy atom. The molecule has 5 N–H and O–H groups in total. The molecule has 0 aromatic heterocycles. The molecule has 19 heavy (non-hydrogen) atoms. The number of benzene rings is 1. The highest BCUT2D eigenvalue weighted by molar-refractivity contribution is 6.45. The number of phenols is 1. The molecule has 0 heterocycles.